The molecule has 4 nitrogen and oxygen atoms in total. The van der Waals surface area contributed by atoms with E-state index >= 15 is 0 Å². The smallest absolute Gasteiger partial charge is 0.130 e. The lowest BCUT2D eigenvalue weighted by Gasteiger charge is -2.12. The molecule has 0 N–H and O–H groups in total. The summed E-state index contributed by atoms with van der Waals surface area (Å²) in [5.74, 6) is 0. The zero-order valence-electron chi connectivity index (χ0n) is 8.94. The molecule has 0 spiro atoms. The Morgan fingerprint density at radius 3 is 2.50 bits per heavy atom. The normalized spacial score (nSPS) is 11.0. The third-order valence-corrected chi connectivity index (χ3v) is 2.33. The Morgan fingerprint density at radius 2 is 2.00 bits per heavy atom. The summed E-state index contributed by atoms with van der Waals surface area (Å²) in [4.78, 5) is 8.84. The zero-order valence-corrected chi connectivity index (χ0v) is 9.83. The summed E-state index contributed by atoms with van der Waals surface area (Å²) in [5, 5.41) is 8.26. The van der Waals surface area contributed by atoms with E-state index in [1.807, 2.05) is 6.07 Å². The standard InChI is InChI=1S/C9H18N3OP/c1-3-7-12(8-4-2)14-11-13-9-5-6-10/h3-5,7-9H2,1-2H3. The van der Waals surface area contributed by atoms with Crippen molar-refractivity contribution in [2.75, 3.05) is 19.7 Å². The van der Waals surface area contributed by atoms with Gasteiger partial charge in [0, 0.05) is 13.1 Å². The number of rotatable bonds is 8. The van der Waals surface area contributed by atoms with Gasteiger partial charge in [0.1, 0.15) is 8.52 Å². The molecule has 0 fully saturated rings. The number of hydrogen-bond acceptors (Lipinski definition) is 3. The van der Waals surface area contributed by atoms with E-state index in [9.17, 15) is 0 Å². The average Bonchev–Trinajstić information content (AvgIpc) is 2.18. The van der Waals surface area contributed by atoms with Crippen LogP contribution in [0.4, 0.5) is 0 Å². The van der Waals surface area contributed by atoms with Crippen molar-refractivity contribution in [3.05, 3.63) is 0 Å². The molecule has 5 heteroatoms. The van der Waals surface area contributed by atoms with Crippen LogP contribution in [0, 0.1) is 11.3 Å². The summed E-state index contributed by atoms with van der Waals surface area (Å²) in [7, 11) is 0.861. The van der Waals surface area contributed by atoms with E-state index in [0.29, 0.717) is 13.0 Å². The van der Waals surface area contributed by atoms with E-state index in [0.717, 1.165) is 34.5 Å². The minimum atomic E-state index is 0.398. The summed E-state index contributed by atoms with van der Waals surface area (Å²) in [6.07, 6.45) is 2.65. The second kappa shape index (κ2) is 10.6. The van der Waals surface area contributed by atoms with Crippen molar-refractivity contribution in [1.29, 1.82) is 5.26 Å². The van der Waals surface area contributed by atoms with Crippen molar-refractivity contribution in [1.82, 2.24) is 4.67 Å². The van der Waals surface area contributed by atoms with E-state index in [1.54, 1.807) is 0 Å². The van der Waals surface area contributed by atoms with Gasteiger partial charge in [0.05, 0.1) is 19.1 Å². The first-order valence-electron chi connectivity index (χ1n) is 5.00. The van der Waals surface area contributed by atoms with E-state index in [1.165, 1.54) is 0 Å². The second-order valence-electron chi connectivity index (χ2n) is 2.87. The maximum absolute atomic E-state index is 8.26. The predicted octanol–water partition coefficient (Wildman–Crippen LogP) is 3.00. The van der Waals surface area contributed by atoms with Gasteiger partial charge in [-0.25, -0.2) is 9.51 Å². The summed E-state index contributed by atoms with van der Waals surface area (Å²) in [6.45, 7) is 6.78. The highest BCUT2D eigenvalue weighted by Crippen LogP contribution is 2.11. The van der Waals surface area contributed by atoms with E-state index in [4.69, 9.17) is 10.1 Å². The molecule has 0 aliphatic carbocycles. The number of hydrogen-bond donors (Lipinski definition) is 0. The Hall–Kier alpha value is -0.490. The lowest BCUT2D eigenvalue weighted by atomic mass is 10.4. The molecule has 0 unspecified atom stereocenters. The second-order valence-corrected chi connectivity index (χ2v) is 3.77. The Kier molecular flexibility index (Phi) is 10.2. The minimum absolute atomic E-state index is 0.398. The van der Waals surface area contributed by atoms with Gasteiger partial charge in [-0.05, 0) is 12.8 Å². The van der Waals surface area contributed by atoms with Crippen LogP contribution in [-0.2, 0) is 4.84 Å². The minimum Gasteiger partial charge on any atom is -0.246 e. The van der Waals surface area contributed by atoms with Gasteiger partial charge in [0.2, 0.25) is 0 Å². The van der Waals surface area contributed by atoms with E-state index < -0.39 is 0 Å². The zero-order chi connectivity index (χ0) is 10.6. The molecule has 0 aromatic heterocycles. The number of nitriles is 1. The molecule has 0 saturated heterocycles. The Morgan fingerprint density at radius 1 is 1.36 bits per heavy atom. The molecule has 0 heterocycles. The monoisotopic (exact) mass is 215 g/mol. The molecule has 80 valence electrons. The van der Waals surface area contributed by atoms with Gasteiger partial charge in [-0.1, -0.05) is 13.8 Å². The van der Waals surface area contributed by atoms with E-state index in [-0.39, 0.29) is 0 Å². The van der Waals surface area contributed by atoms with Crippen molar-refractivity contribution in [2.24, 2.45) is 4.91 Å². The van der Waals surface area contributed by atoms with Gasteiger partial charge in [0.25, 0.3) is 0 Å². The lowest BCUT2D eigenvalue weighted by Crippen LogP contribution is -2.13. The van der Waals surface area contributed by atoms with Gasteiger partial charge in [-0.15, -0.1) is 4.91 Å². The molecule has 0 amide bonds. The van der Waals surface area contributed by atoms with Crippen molar-refractivity contribution < 1.29 is 4.84 Å². The summed E-state index contributed by atoms with van der Waals surface area (Å²) >= 11 is 0. The topological polar surface area (TPSA) is 48.6 Å². The number of nitrogens with zero attached hydrogens (tertiary/aromatic N) is 3. The third kappa shape index (κ3) is 8.12. The molecule has 0 aromatic rings. The first-order valence-corrected chi connectivity index (χ1v) is 5.80. The molecule has 0 aliphatic heterocycles. The average molecular weight is 215 g/mol. The molecular weight excluding hydrogens is 197 g/mol. The predicted molar refractivity (Wildman–Crippen MR) is 57.7 cm³/mol. The molecule has 0 bridgehead atoms. The van der Waals surface area contributed by atoms with Crippen molar-refractivity contribution >= 4 is 8.52 Å². The van der Waals surface area contributed by atoms with Crippen LogP contribution < -0.4 is 0 Å². The Balaban J connectivity index is 3.61. The van der Waals surface area contributed by atoms with Crippen LogP contribution in [-0.4, -0.2) is 24.4 Å². The maximum Gasteiger partial charge on any atom is 0.130 e. The fourth-order valence-electron chi connectivity index (χ4n) is 0.927. The molecule has 14 heavy (non-hydrogen) atoms. The van der Waals surface area contributed by atoms with Crippen LogP contribution in [0.2, 0.25) is 0 Å². The lowest BCUT2D eigenvalue weighted by molar-refractivity contribution is 0.154. The quantitative estimate of drug-likeness (QED) is 0.355. The highest BCUT2D eigenvalue weighted by Gasteiger charge is 1.98. The largest absolute Gasteiger partial charge is 0.246 e. The van der Waals surface area contributed by atoms with Crippen molar-refractivity contribution in [3.8, 4) is 6.07 Å². The van der Waals surface area contributed by atoms with Gasteiger partial charge >= 0.3 is 0 Å². The van der Waals surface area contributed by atoms with Crippen LogP contribution in [0.15, 0.2) is 4.91 Å². The van der Waals surface area contributed by atoms with Gasteiger partial charge in [-0.3, -0.25) is 0 Å². The SMILES string of the molecule is CCCN(CCC)P=NOCCC#N. The summed E-state index contributed by atoms with van der Waals surface area (Å²) in [6, 6.07) is 2.00. The van der Waals surface area contributed by atoms with Crippen LogP contribution in [0.5, 0.6) is 0 Å². The molecule has 0 radical (unpaired) electrons. The molecule has 0 atom stereocenters. The van der Waals surface area contributed by atoms with Crippen LogP contribution in [0.25, 0.3) is 0 Å². The molecular formula is C9H18N3OP. The Bertz CT molecular complexity index is 185. The summed E-state index contributed by atoms with van der Waals surface area (Å²) < 4.78 is 2.21. The van der Waals surface area contributed by atoms with Crippen molar-refractivity contribution in [3.63, 3.8) is 0 Å². The van der Waals surface area contributed by atoms with Gasteiger partial charge in [0.15, 0.2) is 0 Å². The third-order valence-electron chi connectivity index (χ3n) is 1.49. The molecule has 0 aromatic carbocycles. The van der Waals surface area contributed by atoms with Crippen molar-refractivity contribution in [2.45, 2.75) is 33.1 Å². The highest BCUT2D eigenvalue weighted by molar-refractivity contribution is 7.23. The molecule has 0 aliphatic rings. The van der Waals surface area contributed by atoms with Crippen LogP contribution in [0.1, 0.15) is 33.1 Å². The maximum atomic E-state index is 8.26. The van der Waals surface area contributed by atoms with E-state index in [2.05, 4.69) is 23.4 Å². The highest BCUT2D eigenvalue weighted by atomic mass is 31.1. The Labute approximate surface area is 87.8 Å². The van der Waals surface area contributed by atoms with Crippen LogP contribution >= 0.6 is 8.52 Å². The fourth-order valence-corrected chi connectivity index (χ4v) is 1.74. The molecule has 0 rings (SSSR count). The van der Waals surface area contributed by atoms with Crippen LogP contribution in [0.3, 0.4) is 0 Å². The van der Waals surface area contributed by atoms with Gasteiger partial charge in [-0.2, -0.15) is 5.26 Å². The first kappa shape index (κ1) is 13.5. The fraction of sp³-hybridized carbons (Fsp3) is 0.889. The summed E-state index contributed by atoms with van der Waals surface area (Å²) in [5.41, 5.74) is 0. The first-order chi connectivity index (χ1) is 6.85. The molecule has 0 saturated carbocycles. The van der Waals surface area contributed by atoms with Gasteiger partial charge < -0.3 is 0 Å².